The Balaban J connectivity index is 2.33. The van der Waals surface area contributed by atoms with Crippen LogP contribution < -0.4 is 4.74 Å². The average molecular weight is 223 g/mol. The molecule has 0 atom stereocenters. The summed E-state index contributed by atoms with van der Waals surface area (Å²) in [6.07, 6.45) is 1.74. The molecule has 1 saturated carbocycles. The van der Waals surface area contributed by atoms with Crippen LogP contribution in [0.1, 0.15) is 18.4 Å². The van der Waals surface area contributed by atoms with Gasteiger partial charge in [0.1, 0.15) is 5.75 Å². The Labute approximate surface area is 92.8 Å². The van der Waals surface area contributed by atoms with E-state index in [-0.39, 0.29) is 5.69 Å². The fraction of sp³-hybridized carbons (Fsp3) is 0.455. The van der Waals surface area contributed by atoms with Crippen molar-refractivity contribution in [2.24, 2.45) is 0 Å². The van der Waals surface area contributed by atoms with Gasteiger partial charge in [0.15, 0.2) is 0 Å². The smallest absolute Gasteiger partial charge is 0.272 e. The van der Waals surface area contributed by atoms with Crippen LogP contribution in [0.4, 0.5) is 5.69 Å². The van der Waals surface area contributed by atoms with Gasteiger partial charge in [-0.25, -0.2) is 0 Å². The second-order valence-electron chi connectivity index (χ2n) is 4.15. The van der Waals surface area contributed by atoms with E-state index in [0.29, 0.717) is 30.6 Å². The molecule has 2 rings (SSSR count). The average Bonchev–Trinajstić information content (AvgIpc) is 2.95. The van der Waals surface area contributed by atoms with Crippen molar-refractivity contribution < 1.29 is 14.8 Å². The van der Waals surface area contributed by atoms with Crippen molar-refractivity contribution in [1.82, 2.24) is 0 Å². The van der Waals surface area contributed by atoms with Gasteiger partial charge in [-0.15, -0.1) is 0 Å². The van der Waals surface area contributed by atoms with Crippen LogP contribution in [-0.4, -0.2) is 22.7 Å². The molecule has 0 saturated heterocycles. The molecule has 0 aromatic heterocycles. The summed E-state index contributed by atoms with van der Waals surface area (Å²) in [4.78, 5) is 10.4. The van der Waals surface area contributed by atoms with Crippen LogP contribution in [0, 0.1) is 10.1 Å². The van der Waals surface area contributed by atoms with Gasteiger partial charge < -0.3 is 9.84 Å². The lowest BCUT2D eigenvalue weighted by atomic mass is 10.0. The topological polar surface area (TPSA) is 72.6 Å². The molecule has 1 aliphatic rings. The summed E-state index contributed by atoms with van der Waals surface area (Å²) in [6, 6.07) is 4.59. The predicted octanol–water partition coefficient (Wildman–Crippen LogP) is 1.67. The van der Waals surface area contributed by atoms with Crippen molar-refractivity contribution in [1.29, 1.82) is 0 Å². The highest BCUT2D eigenvalue weighted by atomic mass is 16.6. The normalized spacial score (nSPS) is 16.9. The molecular formula is C11H13NO4. The van der Waals surface area contributed by atoms with Crippen LogP contribution in [0.2, 0.25) is 0 Å². The molecule has 1 aromatic carbocycles. The van der Waals surface area contributed by atoms with E-state index in [4.69, 9.17) is 4.74 Å². The molecule has 5 heteroatoms. The molecule has 0 heterocycles. The number of nitro groups is 1. The first kappa shape index (κ1) is 10.9. The molecule has 0 amide bonds. The molecule has 86 valence electrons. The van der Waals surface area contributed by atoms with Crippen LogP contribution in [0.25, 0.3) is 0 Å². The highest BCUT2D eigenvalue weighted by Crippen LogP contribution is 2.40. The van der Waals surface area contributed by atoms with Crippen LogP contribution in [0.5, 0.6) is 5.75 Å². The third-order valence-corrected chi connectivity index (χ3v) is 2.83. The summed E-state index contributed by atoms with van der Waals surface area (Å²) in [5.41, 5.74) is -0.164. The Hall–Kier alpha value is -1.62. The molecule has 0 aliphatic heterocycles. The molecule has 1 N–H and O–H groups in total. The summed E-state index contributed by atoms with van der Waals surface area (Å²) < 4.78 is 5.02. The lowest BCUT2D eigenvalue weighted by Gasteiger charge is -2.09. The predicted molar refractivity (Wildman–Crippen MR) is 57.5 cm³/mol. The zero-order valence-corrected chi connectivity index (χ0v) is 8.97. The van der Waals surface area contributed by atoms with E-state index in [2.05, 4.69) is 0 Å². The molecule has 5 nitrogen and oxygen atoms in total. The van der Waals surface area contributed by atoms with Gasteiger partial charge in [0.2, 0.25) is 0 Å². The summed E-state index contributed by atoms with van der Waals surface area (Å²) in [6.45, 7) is 0. The number of benzene rings is 1. The lowest BCUT2D eigenvalue weighted by molar-refractivity contribution is -0.385. The standard InChI is InChI=1S/C11H13NO4/c1-16-9-2-3-10(12(14)15)8(6-9)7-11(13)4-5-11/h2-3,6,13H,4-5,7H2,1H3. The van der Waals surface area contributed by atoms with Crippen molar-refractivity contribution >= 4 is 5.69 Å². The number of hydrogen-bond acceptors (Lipinski definition) is 4. The van der Waals surface area contributed by atoms with E-state index in [0.717, 1.165) is 0 Å². The van der Waals surface area contributed by atoms with Gasteiger partial charge >= 0.3 is 0 Å². The van der Waals surface area contributed by atoms with E-state index < -0.39 is 10.5 Å². The van der Waals surface area contributed by atoms with Gasteiger partial charge in [0.25, 0.3) is 5.69 Å². The monoisotopic (exact) mass is 223 g/mol. The molecule has 1 aromatic rings. The summed E-state index contributed by atoms with van der Waals surface area (Å²) in [7, 11) is 1.51. The number of aliphatic hydroxyl groups is 1. The summed E-state index contributed by atoms with van der Waals surface area (Å²) in [5, 5.41) is 20.6. The number of nitrogens with zero attached hydrogens (tertiary/aromatic N) is 1. The van der Waals surface area contributed by atoms with Crippen molar-refractivity contribution in [2.75, 3.05) is 7.11 Å². The van der Waals surface area contributed by atoms with Crippen LogP contribution >= 0.6 is 0 Å². The Morgan fingerprint density at radius 3 is 2.75 bits per heavy atom. The van der Waals surface area contributed by atoms with Gasteiger partial charge in [-0.3, -0.25) is 10.1 Å². The highest BCUT2D eigenvalue weighted by molar-refractivity contribution is 5.46. The van der Waals surface area contributed by atoms with Gasteiger partial charge in [-0.2, -0.15) is 0 Å². The zero-order valence-electron chi connectivity index (χ0n) is 8.97. The Bertz CT molecular complexity index is 426. The molecule has 1 aliphatic carbocycles. The number of rotatable bonds is 4. The molecular weight excluding hydrogens is 210 g/mol. The lowest BCUT2D eigenvalue weighted by Crippen LogP contribution is -2.12. The quantitative estimate of drug-likeness (QED) is 0.622. The van der Waals surface area contributed by atoms with Gasteiger partial charge in [-0.05, 0) is 25.0 Å². The largest absolute Gasteiger partial charge is 0.497 e. The van der Waals surface area contributed by atoms with E-state index in [9.17, 15) is 15.2 Å². The third-order valence-electron chi connectivity index (χ3n) is 2.83. The Morgan fingerprint density at radius 2 is 2.25 bits per heavy atom. The van der Waals surface area contributed by atoms with Crippen molar-refractivity contribution in [3.05, 3.63) is 33.9 Å². The van der Waals surface area contributed by atoms with Crippen LogP contribution in [0.15, 0.2) is 18.2 Å². The fourth-order valence-electron chi connectivity index (χ4n) is 1.68. The van der Waals surface area contributed by atoms with E-state index >= 15 is 0 Å². The zero-order chi connectivity index (χ0) is 11.8. The second-order valence-corrected chi connectivity index (χ2v) is 4.15. The maximum atomic E-state index is 10.8. The van der Waals surface area contributed by atoms with Gasteiger partial charge in [-0.1, -0.05) is 0 Å². The summed E-state index contributed by atoms with van der Waals surface area (Å²) in [5.74, 6) is 0.574. The molecule has 16 heavy (non-hydrogen) atoms. The van der Waals surface area contributed by atoms with Gasteiger partial charge in [0, 0.05) is 18.1 Å². The van der Waals surface area contributed by atoms with Crippen molar-refractivity contribution in [3.63, 3.8) is 0 Å². The highest BCUT2D eigenvalue weighted by Gasteiger charge is 2.41. The van der Waals surface area contributed by atoms with E-state index in [1.807, 2.05) is 0 Å². The Morgan fingerprint density at radius 1 is 1.56 bits per heavy atom. The third kappa shape index (κ3) is 2.14. The SMILES string of the molecule is COc1ccc([N+](=O)[O-])c(CC2(O)CC2)c1. The minimum absolute atomic E-state index is 0.0427. The second kappa shape index (κ2) is 3.75. The van der Waals surface area contributed by atoms with E-state index in [1.165, 1.54) is 13.2 Å². The van der Waals surface area contributed by atoms with Crippen LogP contribution in [0.3, 0.4) is 0 Å². The van der Waals surface area contributed by atoms with E-state index in [1.54, 1.807) is 12.1 Å². The first-order chi connectivity index (χ1) is 7.54. The molecule has 0 spiro atoms. The van der Waals surface area contributed by atoms with Crippen molar-refractivity contribution in [3.8, 4) is 5.75 Å². The Kier molecular flexibility index (Phi) is 2.55. The molecule has 0 unspecified atom stereocenters. The molecule has 0 bridgehead atoms. The minimum atomic E-state index is -0.739. The minimum Gasteiger partial charge on any atom is -0.497 e. The molecule has 0 radical (unpaired) electrons. The number of nitro benzene ring substituents is 1. The summed E-state index contributed by atoms with van der Waals surface area (Å²) >= 11 is 0. The maximum Gasteiger partial charge on any atom is 0.272 e. The van der Waals surface area contributed by atoms with Crippen LogP contribution in [-0.2, 0) is 6.42 Å². The number of hydrogen-bond donors (Lipinski definition) is 1. The first-order valence-corrected chi connectivity index (χ1v) is 5.08. The number of ether oxygens (including phenoxy) is 1. The maximum absolute atomic E-state index is 10.8. The van der Waals surface area contributed by atoms with Gasteiger partial charge in [0.05, 0.1) is 17.6 Å². The first-order valence-electron chi connectivity index (χ1n) is 5.08. The van der Waals surface area contributed by atoms with Crippen molar-refractivity contribution in [2.45, 2.75) is 24.9 Å². The number of methoxy groups -OCH3 is 1. The fourth-order valence-corrected chi connectivity index (χ4v) is 1.68. The molecule has 1 fully saturated rings.